The molecular weight excluding hydrogens is 242 g/mol. The summed E-state index contributed by atoms with van der Waals surface area (Å²) >= 11 is 1.78. The fraction of sp³-hybridized carbons (Fsp3) is 0.429. The van der Waals surface area contributed by atoms with Crippen LogP contribution in [0.3, 0.4) is 0 Å². The van der Waals surface area contributed by atoms with Crippen LogP contribution >= 0.6 is 11.3 Å². The van der Waals surface area contributed by atoms with Crippen molar-refractivity contribution in [3.63, 3.8) is 0 Å². The summed E-state index contributed by atoms with van der Waals surface area (Å²) in [5.74, 6) is 0. The van der Waals surface area contributed by atoms with Crippen LogP contribution in [0.1, 0.15) is 41.2 Å². The summed E-state index contributed by atoms with van der Waals surface area (Å²) in [7, 11) is 0. The lowest BCUT2D eigenvalue weighted by molar-refractivity contribution is 0.583. The fourth-order valence-corrected chi connectivity index (χ4v) is 2.65. The first-order valence-corrected chi connectivity index (χ1v) is 7.16. The zero-order valence-electron chi connectivity index (χ0n) is 11.1. The Morgan fingerprint density at radius 1 is 1.28 bits per heavy atom. The zero-order valence-corrected chi connectivity index (χ0v) is 11.9. The van der Waals surface area contributed by atoms with E-state index in [-0.39, 0.29) is 6.04 Å². The van der Waals surface area contributed by atoms with Crippen molar-refractivity contribution in [2.75, 3.05) is 6.54 Å². The number of aromatic nitrogens is 2. The van der Waals surface area contributed by atoms with Crippen LogP contribution in [-0.2, 0) is 0 Å². The number of rotatable bonds is 5. The van der Waals surface area contributed by atoms with E-state index in [0.717, 1.165) is 24.4 Å². The summed E-state index contributed by atoms with van der Waals surface area (Å²) in [6.07, 6.45) is 4.82. The van der Waals surface area contributed by atoms with Crippen LogP contribution in [0.2, 0.25) is 0 Å². The highest BCUT2D eigenvalue weighted by Gasteiger charge is 2.17. The Morgan fingerprint density at radius 2 is 2.11 bits per heavy atom. The lowest BCUT2D eigenvalue weighted by Crippen LogP contribution is -2.24. The molecule has 0 spiro atoms. The van der Waals surface area contributed by atoms with Crippen molar-refractivity contribution in [2.24, 2.45) is 0 Å². The molecule has 1 atom stereocenters. The smallest absolute Gasteiger partial charge is 0.0802 e. The summed E-state index contributed by atoms with van der Waals surface area (Å²) in [6.45, 7) is 7.27. The van der Waals surface area contributed by atoms with E-state index in [4.69, 9.17) is 0 Å². The maximum atomic E-state index is 4.51. The third-order valence-corrected chi connectivity index (χ3v) is 3.77. The van der Waals surface area contributed by atoms with Gasteiger partial charge in [0.1, 0.15) is 0 Å². The second-order valence-corrected chi connectivity index (χ2v) is 5.52. The summed E-state index contributed by atoms with van der Waals surface area (Å²) in [5, 5.41) is 5.68. The molecule has 0 aliphatic heterocycles. The molecule has 2 aromatic rings. The molecule has 0 amide bonds. The average Bonchev–Trinajstić information content (AvgIpc) is 2.78. The van der Waals surface area contributed by atoms with Gasteiger partial charge in [0, 0.05) is 11.1 Å². The first-order chi connectivity index (χ1) is 8.72. The second-order valence-electron chi connectivity index (χ2n) is 4.40. The van der Waals surface area contributed by atoms with E-state index in [1.165, 1.54) is 10.4 Å². The van der Waals surface area contributed by atoms with Crippen molar-refractivity contribution < 1.29 is 0 Å². The van der Waals surface area contributed by atoms with Gasteiger partial charge in [-0.3, -0.25) is 9.97 Å². The van der Waals surface area contributed by atoms with E-state index in [1.807, 2.05) is 19.3 Å². The van der Waals surface area contributed by atoms with Crippen LogP contribution < -0.4 is 5.32 Å². The van der Waals surface area contributed by atoms with Crippen molar-refractivity contribution in [1.29, 1.82) is 0 Å². The maximum Gasteiger partial charge on any atom is 0.0802 e. The normalized spacial score (nSPS) is 12.6. The van der Waals surface area contributed by atoms with Gasteiger partial charge in [-0.25, -0.2) is 0 Å². The summed E-state index contributed by atoms with van der Waals surface area (Å²) in [5.41, 5.74) is 3.26. The van der Waals surface area contributed by atoms with Gasteiger partial charge in [-0.1, -0.05) is 6.92 Å². The Balaban J connectivity index is 2.30. The largest absolute Gasteiger partial charge is 0.305 e. The molecule has 0 saturated heterocycles. The van der Waals surface area contributed by atoms with Gasteiger partial charge in [0.25, 0.3) is 0 Å². The lowest BCUT2D eigenvalue weighted by Gasteiger charge is -2.18. The highest BCUT2D eigenvalue weighted by molar-refractivity contribution is 7.10. The molecule has 2 aromatic heterocycles. The quantitative estimate of drug-likeness (QED) is 0.898. The average molecular weight is 261 g/mol. The molecule has 2 heterocycles. The predicted molar refractivity (Wildman–Crippen MR) is 76.0 cm³/mol. The van der Waals surface area contributed by atoms with Crippen LogP contribution in [0.4, 0.5) is 0 Å². The number of aryl methyl sites for hydroxylation is 2. The van der Waals surface area contributed by atoms with E-state index < -0.39 is 0 Å². The van der Waals surface area contributed by atoms with Crippen LogP contribution in [0.25, 0.3) is 0 Å². The predicted octanol–water partition coefficient (Wildman–Crippen LogP) is 3.24. The summed E-state index contributed by atoms with van der Waals surface area (Å²) < 4.78 is 0. The van der Waals surface area contributed by atoms with Gasteiger partial charge in [-0.15, -0.1) is 11.3 Å². The Bertz CT molecular complexity index is 490. The van der Waals surface area contributed by atoms with Gasteiger partial charge in [0.05, 0.1) is 23.6 Å². The minimum absolute atomic E-state index is 0.157. The third-order valence-electron chi connectivity index (χ3n) is 2.91. The molecule has 3 nitrogen and oxygen atoms in total. The molecule has 1 unspecified atom stereocenters. The molecule has 0 bridgehead atoms. The van der Waals surface area contributed by atoms with Crippen LogP contribution in [-0.4, -0.2) is 16.5 Å². The first-order valence-electron chi connectivity index (χ1n) is 6.28. The van der Waals surface area contributed by atoms with Crippen molar-refractivity contribution >= 4 is 11.3 Å². The minimum atomic E-state index is 0.157. The van der Waals surface area contributed by atoms with Gasteiger partial charge < -0.3 is 5.32 Å². The number of nitrogens with zero attached hydrogens (tertiary/aromatic N) is 2. The molecule has 0 aliphatic carbocycles. The van der Waals surface area contributed by atoms with Gasteiger partial charge >= 0.3 is 0 Å². The standard InChI is InChI=1S/C14H19N3S/c1-4-6-15-14(12-5-7-18-11(12)3)13-9-16-10(2)8-17-13/h5,7-9,14-15H,4,6H2,1-3H3. The zero-order chi connectivity index (χ0) is 13.0. The Kier molecular flexibility index (Phi) is 4.44. The molecule has 0 radical (unpaired) electrons. The molecule has 2 rings (SSSR count). The van der Waals surface area contributed by atoms with Gasteiger partial charge in [0.15, 0.2) is 0 Å². The van der Waals surface area contributed by atoms with Gasteiger partial charge in [0.2, 0.25) is 0 Å². The van der Waals surface area contributed by atoms with Crippen molar-refractivity contribution in [3.05, 3.63) is 45.7 Å². The van der Waals surface area contributed by atoms with Gasteiger partial charge in [-0.05, 0) is 43.8 Å². The minimum Gasteiger partial charge on any atom is -0.305 e. The number of thiophene rings is 1. The fourth-order valence-electron chi connectivity index (χ4n) is 1.91. The van der Waals surface area contributed by atoms with Crippen molar-refractivity contribution in [1.82, 2.24) is 15.3 Å². The Hall–Kier alpha value is -1.26. The van der Waals surface area contributed by atoms with Crippen molar-refractivity contribution in [2.45, 2.75) is 33.2 Å². The second kappa shape index (κ2) is 6.07. The van der Waals surface area contributed by atoms with E-state index in [9.17, 15) is 0 Å². The molecule has 0 aliphatic rings. The first kappa shape index (κ1) is 13.2. The topological polar surface area (TPSA) is 37.8 Å². The number of hydrogen-bond donors (Lipinski definition) is 1. The highest BCUT2D eigenvalue weighted by Crippen LogP contribution is 2.26. The third kappa shape index (κ3) is 2.94. The van der Waals surface area contributed by atoms with Crippen LogP contribution in [0.15, 0.2) is 23.8 Å². The van der Waals surface area contributed by atoms with E-state index >= 15 is 0 Å². The molecule has 1 N–H and O–H groups in total. The van der Waals surface area contributed by atoms with E-state index in [0.29, 0.717) is 0 Å². The molecular formula is C14H19N3S. The lowest BCUT2D eigenvalue weighted by atomic mass is 10.1. The van der Waals surface area contributed by atoms with E-state index in [1.54, 1.807) is 11.3 Å². The molecule has 96 valence electrons. The molecule has 0 fully saturated rings. The molecule has 0 aromatic carbocycles. The number of nitrogens with one attached hydrogen (secondary N) is 1. The molecule has 0 saturated carbocycles. The molecule has 4 heteroatoms. The molecule has 18 heavy (non-hydrogen) atoms. The summed E-state index contributed by atoms with van der Waals surface area (Å²) in [4.78, 5) is 10.2. The highest BCUT2D eigenvalue weighted by atomic mass is 32.1. The van der Waals surface area contributed by atoms with Crippen LogP contribution in [0, 0.1) is 13.8 Å². The SMILES string of the molecule is CCCNC(c1cnc(C)cn1)c1ccsc1C. The van der Waals surface area contributed by atoms with Gasteiger partial charge in [-0.2, -0.15) is 0 Å². The van der Waals surface area contributed by atoms with Crippen molar-refractivity contribution in [3.8, 4) is 0 Å². The summed E-state index contributed by atoms with van der Waals surface area (Å²) in [6, 6.07) is 2.33. The maximum absolute atomic E-state index is 4.51. The Morgan fingerprint density at radius 3 is 2.67 bits per heavy atom. The van der Waals surface area contributed by atoms with E-state index in [2.05, 4.69) is 40.6 Å². The monoisotopic (exact) mass is 261 g/mol. The number of hydrogen-bond acceptors (Lipinski definition) is 4. The Labute approximate surface area is 112 Å². The van der Waals surface area contributed by atoms with Crippen LogP contribution in [0.5, 0.6) is 0 Å².